The number of aryl methyl sites for hydroxylation is 1. The summed E-state index contributed by atoms with van der Waals surface area (Å²) in [4.78, 5) is 9.52. The molecule has 0 amide bonds. The Labute approximate surface area is 160 Å². The Morgan fingerprint density at radius 3 is 2.81 bits per heavy atom. The molecule has 1 aromatic heterocycles. The number of anilines is 1. The van der Waals surface area contributed by atoms with E-state index in [0.29, 0.717) is 6.04 Å². The number of nitrogens with zero attached hydrogens (tertiary/aromatic N) is 2. The van der Waals surface area contributed by atoms with Gasteiger partial charge in [0.05, 0.1) is 19.3 Å². The summed E-state index contributed by atoms with van der Waals surface area (Å²) >= 11 is 1.86. The highest BCUT2D eigenvalue weighted by Gasteiger charge is 2.25. The molecule has 0 radical (unpaired) electrons. The van der Waals surface area contributed by atoms with Crippen LogP contribution in [-0.4, -0.2) is 39.2 Å². The molecule has 1 aliphatic rings. The van der Waals surface area contributed by atoms with Crippen molar-refractivity contribution in [3.63, 3.8) is 0 Å². The summed E-state index contributed by atoms with van der Waals surface area (Å²) in [6.07, 6.45) is 2.18. The number of hydrogen-bond donors (Lipinski definition) is 2. The molecule has 1 aliphatic heterocycles. The minimum Gasteiger partial charge on any atom is -0.495 e. The third-order valence-corrected chi connectivity index (χ3v) is 5.90. The van der Waals surface area contributed by atoms with Gasteiger partial charge in [0.15, 0.2) is 5.96 Å². The van der Waals surface area contributed by atoms with Crippen molar-refractivity contribution in [2.24, 2.45) is 4.99 Å². The maximum absolute atomic E-state index is 5.50. The maximum atomic E-state index is 5.50. The normalized spacial score (nSPS) is 17.4. The number of guanidine groups is 1. The number of rotatable bonds is 6. The molecule has 0 aliphatic carbocycles. The van der Waals surface area contributed by atoms with Crippen LogP contribution in [0.2, 0.25) is 0 Å². The number of para-hydroxylation sites is 2. The van der Waals surface area contributed by atoms with Gasteiger partial charge < -0.3 is 20.3 Å². The molecule has 6 heteroatoms. The number of ether oxygens (including phenoxy) is 1. The largest absolute Gasteiger partial charge is 0.495 e. The quantitative estimate of drug-likeness (QED) is 0.604. The fourth-order valence-corrected chi connectivity index (χ4v) is 4.15. The zero-order valence-corrected chi connectivity index (χ0v) is 16.6. The summed E-state index contributed by atoms with van der Waals surface area (Å²) in [5.74, 6) is 1.79. The number of nitrogens with one attached hydrogen (secondary N) is 2. The van der Waals surface area contributed by atoms with Gasteiger partial charge in [0.1, 0.15) is 5.75 Å². The number of aliphatic imine (C=N–C) groups is 1. The van der Waals surface area contributed by atoms with E-state index in [2.05, 4.69) is 51.7 Å². The second-order valence-corrected chi connectivity index (χ2v) is 7.65. The lowest BCUT2D eigenvalue weighted by molar-refractivity contribution is 0.415. The van der Waals surface area contributed by atoms with Crippen LogP contribution in [0.15, 0.2) is 41.4 Å². The third-order valence-electron chi connectivity index (χ3n) is 4.67. The SMILES string of the molecule is CCc1ccc(CNC(=NC)NC2CCN(c3ccccc3OC)C2)s1. The number of thiophene rings is 1. The van der Waals surface area contributed by atoms with Gasteiger partial charge in [0.25, 0.3) is 0 Å². The van der Waals surface area contributed by atoms with E-state index >= 15 is 0 Å². The van der Waals surface area contributed by atoms with Gasteiger partial charge in [-0.3, -0.25) is 4.99 Å². The van der Waals surface area contributed by atoms with E-state index in [1.165, 1.54) is 9.75 Å². The van der Waals surface area contributed by atoms with E-state index in [-0.39, 0.29) is 0 Å². The van der Waals surface area contributed by atoms with Crippen molar-refractivity contribution >= 4 is 23.0 Å². The summed E-state index contributed by atoms with van der Waals surface area (Å²) in [6.45, 7) is 4.96. The Bertz CT molecular complexity index is 743. The lowest BCUT2D eigenvalue weighted by Gasteiger charge is -2.22. The van der Waals surface area contributed by atoms with Crippen LogP contribution in [0.4, 0.5) is 5.69 Å². The molecule has 2 N–H and O–H groups in total. The number of methoxy groups -OCH3 is 1. The lowest BCUT2D eigenvalue weighted by Crippen LogP contribution is -2.44. The van der Waals surface area contributed by atoms with Crippen LogP contribution in [-0.2, 0) is 13.0 Å². The Morgan fingerprint density at radius 1 is 1.27 bits per heavy atom. The Morgan fingerprint density at radius 2 is 2.08 bits per heavy atom. The van der Waals surface area contributed by atoms with Crippen molar-refractivity contribution in [2.75, 3.05) is 32.1 Å². The first kappa shape index (κ1) is 18.6. The van der Waals surface area contributed by atoms with E-state index in [9.17, 15) is 0 Å². The molecule has 0 bridgehead atoms. The molecule has 2 aromatic rings. The first-order valence-electron chi connectivity index (χ1n) is 9.16. The zero-order valence-electron chi connectivity index (χ0n) is 15.8. The fourth-order valence-electron chi connectivity index (χ4n) is 3.25. The van der Waals surface area contributed by atoms with Crippen LogP contribution in [0.1, 0.15) is 23.1 Å². The first-order chi connectivity index (χ1) is 12.7. The van der Waals surface area contributed by atoms with Gasteiger partial charge in [-0.25, -0.2) is 0 Å². The van der Waals surface area contributed by atoms with Gasteiger partial charge in [-0.15, -0.1) is 11.3 Å². The van der Waals surface area contributed by atoms with Crippen molar-refractivity contribution in [3.8, 4) is 5.75 Å². The molecule has 1 fully saturated rings. The molecule has 0 saturated carbocycles. The lowest BCUT2D eigenvalue weighted by atomic mass is 10.2. The van der Waals surface area contributed by atoms with Crippen LogP contribution in [0.3, 0.4) is 0 Å². The highest BCUT2D eigenvalue weighted by atomic mass is 32.1. The summed E-state index contributed by atoms with van der Waals surface area (Å²) in [6, 6.07) is 13.0. The van der Waals surface area contributed by atoms with E-state index in [1.54, 1.807) is 7.11 Å². The second kappa shape index (κ2) is 8.94. The summed E-state index contributed by atoms with van der Waals surface area (Å²) in [7, 11) is 3.55. The van der Waals surface area contributed by atoms with Gasteiger partial charge in [-0.1, -0.05) is 19.1 Å². The van der Waals surface area contributed by atoms with Crippen LogP contribution in [0.5, 0.6) is 5.75 Å². The highest BCUT2D eigenvalue weighted by molar-refractivity contribution is 7.11. The number of hydrogen-bond acceptors (Lipinski definition) is 4. The van der Waals surface area contributed by atoms with Crippen molar-refractivity contribution in [2.45, 2.75) is 32.4 Å². The summed E-state index contributed by atoms with van der Waals surface area (Å²) in [5.41, 5.74) is 1.16. The number of benzene rings is 1. The van der Waals surface area contributed by atoms with E-state index < -0.39 is 0 Å². The van der Waals surface area contributed by atoms with Gasteiger partial charge in [0.2, 0.25) is 0 Å². The average Bonchev–Trinajstić information content (AvgIpc) is 3.34. The first-order valence-corrected chi connectivity index (χ1v) is 9.97. The van der Waals surface area contributed by atoms with Crippen LogP contribution in [0.25, 0.3) is 0 Å². The van der Waals surface area contributed by atoms with E-state index in [4.69, 9.17) is 4.74 Å². The smallest absolute Gasteiger partial charge is 0.191 e. The Hall–Kier alpha value is -2.21. The molecular formula is C20H28N4OS. The van der Waals surface area contributed by atoms with Gasteiger partial charge in [-0.2, -0.15) is 0 Å². The molecule has 1 aromatic carbocycles. The zero-order chi connectivity index (χ0) is 18.4. The summed E-state index contributed by atoms with van der Waals surface area (Å²) in [5, 5.41) is 6.99. The maximum Gasteiger partial charge on any atom is 0.191 e. The predicted octanol–water partition coefficient (Wildman–Crippen LogP) is 3.26. The van der Waals surface area contributed by atoms with Crippen molar-refractivity contribution < 1.29 is 4.74 Å². The minimum absolute atomic E-state index is 0.376. The summed E-state index contributed by atoms with van der Waals surface area (Å²) < 4.78 is 5.50. The Balaban J connectivity index is 1.53. The van der Waals surface area contributed by atoms with Crippen molar-refractivity contribution in [1.29, 1.82) is 0 Å². The van der Waals surface area contributed by atoms with E-state index in [1.807, 2.05) is 30.5 Å². The molecule has 1 unspecified atom stereocenters. The molecule has 0 spiro atoms. The molecule has 26 heavy (non-hydrogen) atoms. The average molecular weight is 373 g/mol. The molecule has 1 atom stereocenters. The third kappa shape index (κ3) is 4.49. The monoisotopic (exact) mass is 372 g/mol. The molecule has 1 saturated heterocycles. The van der Waals surface area contributed by atoms with Crippen molar-refractivity contribution in [3.05, 3.63) is 46.2 Å². The van der Waals surface area contributed by atoms with Gasteiger partial charge >= 0.3 is 0 Å². The standard InChI is InChI=1S/C20H28N4OS/c1-4-16-9-10-17(26-16)13-22-20(21-2)23-15-11-12-24(14-15)18-7-5-6-8-19(18)25-3/h5-10,15H,4,11-14H2,1-3H3,(H2,21,22,23). The molecule has 3 rings (SSSR count). The minimum atomic E-state index is 0.376. The highest BCUT2D eigenvalue weighted by Crippen LogP contribution is 2.30. The molecule has 2 heterocycles. The second-order valence-electron chi connectivity index (χ2n) is 6.40. The van der Waals surface area contributed by atoms with Crippen molar-refractivity contribution in [1.82, 2.24) is 10.6 Å². The van der Waals surface area contributed by atoms with E-state index in [0.717, 1.165) is 49.9 Å². The van der Waals surface area contributed by atoms with Gasteiger partial charge in [-0.05, 0) is 37.1 Å². The Kier molecular flexibility index (Phi) is 6.39. The van der Waals surface area contributed by atoms with Crippen LogP contribution < -0.4 is 20.3 Å². The fraction of sp³-hybridized carbons (Fsp3) is 0.450. The van der Waals surface area contributed by atoms with Crippen LogP contribution in [0, 0.1) is 0 Å². The molecular weight excluding hydrogens is 344 g/mol. The predicted molar refractivity (Wildman–Crippen MR) is 111 cm³/mol. The van der Waals surface area contributed by atoms with Gasteiger partial charge in [0, 0.05) is 35.9 Å². The topological polar surface area (TPSA) is 48.9 Å². The molecule has 5 nitrogen and oxygen atoms in total. The molecule has 140 valence electrons. The van der Waals surface area contributed by atoms with Crippen LogP contribution >= 0.6 is 11.3 Å².